The number of hydrogen-bond donors (Lipinski definition) is 0. The van der Waals surface area contributed by atoms with Crippen LogP contribution in [0.2, 0.25) is 0 Å². The summed E-state index contributed by atoms with van der Waals surface area (Å²) in [5.74, 6) is 0. The van der Waals surface area contributed by atoms with Crippen molar-refractivity contribution in [2.75, 3.05) is 0 Å². The molecule has 0 saturated carbocycles. The van der Waals surface area contributed by atoms with E-state index in [-0.39, 0.29) is 4.90 Å². The number of rotatable bonds is 3. The Morgan fingerprint density at radius 1 is 1.05 bits per heavy atom. The zero-order valence-electron chi connectivity index (χ0n) is 11.8. The average molecular weight is 377 g/mol. The zero-order valence-corrected chi connectivity index (χ0v) is 14.2. The highest BCUT2D eigenvalue weighted by molar-refractivity contribution is 9.10. The number of pyridine rings is 1. The zero-order chi connectivity index (χ0) is 15.7. The quantitative estimate of drug-likeness (QED) is 0.654. The number of benzene rings is 2. The average Bonchev–Trinajstić information content (AvgIpc) is 2.48. The molecule has 112 valence electrons. The lowest BCUT2D eigenvalue weighted by molar-refractivity contribution is -0.612. The van der Waals surface area contributed by atoms with Crippen LogP contribution in [-0.2, 0) is 10.0 Å². The summed E-state index contributed by atoms with van der Waals surface area (Å²) in [6.07, 6.45) is 3.31. The first-order chi connectivity index (χ1) is 10.5. The molecule has 0 aliphatic rings. The van der Waals surface area contributed by atoms with E-state index in [0.717, 1.165) is 20.8 Å². The number of fused-ring (bicyclic) bond motifs is 1. The summed E-state index contributed by atoms with van der Waals surface area (Å²) in [5, 5.41) is 1.90. The highest BCUT2D eigenvalue weighted by atomic mass is 79.9. The van der Waals surface area contributed by atoms with Crippen molar-refractivity contribution in [2.24, 2.45) is 0 Å². The molecule has 1 aromatic heterocycles. The predicted octanol–water partition coefficient (Wildman–Crippen LogP) is 3.72. The fourth-order valence-electron chi connectivity index (χ4n) is 2.10. The second kappa shape index (κ2) is 5.70. The lowest BCUT2D eigenvalue weighted by atomic mass is 10.2. The van der Waals surface area contributed by atoms with Crippen molar-refractivity contribution in [3.8, 4) is 0 Å². The molecule has 0 saturated heterocycles. The van der Waals surface area contributed by atoms with Crippen LogP contribution >= 0.6 is 15.9 Å². The minimum absolute atomic E-state index is 0.179. The topological polar surface area (TPSA) is 52.1 Å². The summed E-state index contributed by atoms with van der Waals surface area (Å²) in [5.41, 5.74) is 1.00. The van der Waals surface area contributed by atoms with E-state index >= 15 is 0 Å². The fourth-order valence-corrected chi connectivity index (χ4v) is 3.51. The van der Waals surface area contributed by atoms with E-state index < -0.39 is 10.0 Å². The van der Waals surface area contributed by atoms with Crippen LogP contribution in [0.25, 0.3) is 15.6 Å². The minimum Gasteiger partial charge on any atom is -0.318 e. The Morgan fingerprint density at radius 3 is 2.50 bits per heavy atom. The van der Waals surface area contributed by atoms with Crippen molar-refractivity contribution in [3.63, 3.8) is 0 Å². The summed E-state index contributed by atoms with van der Waals surface area (Å²) >= 11 is 3.46. The van der Waals surface area contributed by atoms with E-state index in [2.05, 4.69) is 20.8 Å². The number of aromatic nitrogens is 1. The van der Waals surface area contributed by atoms with Crippen molar-refractivity contribution >= 4 is 36.7 Å². The van der Waals surface area contributed by atoms with E-state index in [1.807, 2.05) is 31.2 Å². The molecule has 0 amide bonds. The maximum Gasteiger partial charge on any atom is 0.173 e. The van der Waals surface area contributed by atoms with Gasteiger partial charge in [0, 0.05) is 10.5 Å². The molecule has 0 fully saturated rings. The van der Waals surface area contributed by atoms with Crippen molar-refractivity contribution in [2.45, 2.75) is 11.8 Å². The third kappa shape index (κ3) is 2.98. The van der Waals surface area contributed by atoms with Crippen LogP contribution in [-0.4, -0.2) is 8.42 Å². The monoisotopic (exact) mass is 376 g/mol. The van der Waals surface area contributed by atoms with Gasteiger partial charge in [-0.1, -0.05) is 29.8 Å². The molecular weight excluding hydrogens is 364 g/mol. The number of hydrogen-bond acceptors (Lipinski definition) is 2. The van der Waals surface area contributed by atoms with Crippen LogP contribution in [0.5, 0.6) is 0 Å². The summed E-state index contributed by atoms with van der Waals surface area (Å²) in [6.45, 7) is 1.91. The summed E-state index contributed by atoms with van der Waals surface area (Å²) in [7, 11) is -3.74. The van der Waals surface area contributed by atoms with E-state index in [0.29, 0.717) is 0 Å². The molecule has 4 nitrogen and oxygen atoms in total. The number of nitrogens with zero attached hydrogens (tertiary/aromatic N) is 2. The van der Waals surface area contributed by atoms with E-state index in [1.54, 1.807) is 36.7 Å². The molecule has 0 bridgehead atoms. The van der Waals surface area contributed by atoms with Gasteiger partial charge in [-0.3, -0.25) is 0 Å². The molecule has 0 aliphatic carbocycles. The predicted molar refractivity (Wildman–Crippen MR) is 89.0 cm³/mol. The van der Waals surface area contributed by atoms with Gasteiger partial charge in [0.2, 0.25) is 0 Å². The third-order valence-electron chi connectivity index (χ3n) is 3.28. The van der Waals surface area contributed by atoms with Gasteiger partial charge in [0.05, 0.1) is 10.3 Å². The van der Waals surface area contributed by atoms with Crippen molar-refractivity contribution in [1.82, 2.24) is 0 Å². The Bertz CT molecular complexity index is 938. The second-order valence-corrected chi connectivity index (χ2v) is 7.38. The Labute approximate surface area is 137 Å². The lowest BCUT2D eigenvalue weighted by Crippen LogP contribution is -2.31. The maximum atomic E-state index is 12.3. The van der Waals surface area contributed by atoms with Crippen LogP contribution in [0.15, 0.2) is 70.3 Å². The third-order valence-corrected chi connectivity index (χ3v) is 5.24. The van der Waals surface area contributed by atoms with Crippen LogP contribution in [0.3, 0.4) is 0 Å². The molecule has 1 heterocycles. The van der Waals surface area contributed by atoms with Crippen LogP contribution in [0.1, 0.15) is 5.56 Å². The maximum absolute atomic E-state index is 12.3. The molecule has 6 heteroatoms. The van der Waals surface area contributed by atoms with Gasteiger partial charge in [0.15, 0.2) is 22.4 Å². The standard InChI is InChI=1S/C16H13BrN2O2S/c1-12-5-7-14(8-6-12)22(20,21)18-19-10-9-13-3-2-4-16(17)15(13)11-19/h2-11H,1H3. The van der Waals surface area contributed by atoms with Crippen molar-refractivity contribution < 1.29 is 13.1 Å². The molecule has 2 aromatic carbocycles. The van der Waals surface area contributed by atoms with Crippen molar-refractivity contribution in [1.29, 1.82) is 0 Å². The molecule has 0 atom stereocenters. The molecule has 3 rings (SSSR count). The van der Waals surface area contributed by atoms with Gasteiger partial charge < -0.3 is 4.83 Å². The highest BCUT2D eigenvalue weighted by Gasteiger charge is 2.09. The fraction of sp³-hybridized carbons (Fsp3) is 0.0625. The molecular formula is C16H13BrN2O2S. The van der Waals surface area contributed by atoms with Gasteiger partial charge in [-0.15, -0.1) is 0 Å². The molecule has 3 aromatic rings. The summed E-state index contributed by atoms with van der Waals surface area (Å²) < 4.78 is 26.9. The number of sulfonamides is 1. The molecule has 0 aliphatic heterocycles. The van der Waals surface area contributed by atoms with Gasteiger partial charge in [0.1, 0.15) is 0 Å². The Kier molecular flexibility index (Phi) is 3.88. The normalized spacial score (nSPS) is 11.5. The molecule has 22 heavy (non-hydrogen) atoms. The van der Waals surface area contributed by atoms with E-state index in [9.17, 15) is 8.42 Å². The molecule has 0 unspecified atom stereocenters. The highest BCUT2D eigenvalue weighted by Crippen LogP contribution is 2.22. The van der Waals surface area contributed by atoms with Crippen LogP contribution < -0.4 is 4.68 Å². The van der Waals surface area contributed by atoms with Gasteiger partial charge in [-0.25, -0.2) is 13.1 Å². The first-order valence-corrected chi connectivity index (χ1v) is 8.83. The first-order valence-electron chi connectivity index (χ1n) is 6.60. The second-order valence-electron chi connectivity index (χ2n) is 4.94. The molecule has 0 N–H and O–H groups in total. The van der Waals surface area contributed by atoms with Gasteiger partial charge in [-0.05, 0) is 46.4 Å². The van der Waals surface area contributed by atoms with E-state index in [4.69, 9.17) is 0 Å². The molecule has 0 radical (unpaired) electrons. The lowest BCUT2D eigenvalue weighted by Gasteiger charge is -2.15. The van der Waals surface area contributed by atoms with Gasteiger partial charge >= 0.3 is 0 Å². The number of aryl methyl sites for hydroxylation is 1. The van der Waals surface area contributed by atoms with E-state index in [1.165, 1.54) is 4.68 Å². The molecule has 0 spiro atoms. The smallest absolute Gasteiger partial charge is 0.173 e. The van der Waals surface area contributed by atoms with Crippen LogP contribution in [0, 0.1) is 6.92 Å². The minimum atomic E-state index is -3.74. The Hall–Kier alpha value is -1.92. The first kappa shape index (κ1) is 15.0. The van der Waals surface area contributed by atoms with Gasteiger partial charge in [0.25, 0.3) is 0 Å². The van der Waals surface area contributed by atoms with Crippen LogP contribution in [0.4, 0.5) is 0 Å². The van der Waals surface area contributed by atoms with Gasteiger partial charge in [-0.2, -0.15) is 0 Å². The SMILES string of the molecule is Cc1ccc(S(=O)(=O)[N-][n+]2ccc3cccc(Br)c3c2)cc1. The Morgan fingerprint density at radius 2 is 1.77 bits per heavy atom. The number of halogens is 1. The van der Waals surface area contributed by atoms with Crippen molar-refractivity contribution in [3.05, 3.63) is 75.8 Å². The Balaban J connectivity index is 1.98. The summed E-state index contributed by atoms with van der Waals surface area (Å²) in [6, 6.07) is 14.2. The summed E-state index contributed by atoms with van der Waals surface area (Å²) in [4.78, 5) is 4.03. The largest absolute Gasteiger partial charge is 0.318 e.